The average Bonchev–Trinajstić information content (AvgIpc) is 3.50. The largest absolute Gasteiger partial charge is 0.393 e. The summed E-state index contributed by atoms with van der Waals surface area (Å²) in [5.74, 6) is 0. The molecule has 0 spiro atoms. The van der Waals surface area contributed by atoms with Gasteiger partial charge in [-0.1, -0.05) is 36.5 Å². The smallest absolute Gasteiger partial charge is 0.0694 e. The van der Waals surface area contributed by atoms with Crippen molar-refractivity contribution < 1.29 is 4.74 Å². The molecular weight excluding hydrogens is 442 g/mol. The van der Waals surface area contributed by atoms with E-state index in [2.05, 4.69) is 63.6 Å². The Morgan fingerprint density at radius 2 is 2.32 bits per heavy atom. The van der Waals surface area contributed by atoms with Gasteiger partial charge < -0.3 is 20.4 Å². The molecule has 1 saturated heterocycles. The van der Waals surface area contributed by atoms with Crippen LogP contribution in [-0.4, -0.2) is 61.5 Å². The van der Waals surface area contributed by atoms with E-state index in [9.17, 15) is 0 Å². The number of aromatic amines is 1. The number of hydrogen-bond donors (Lipinski definition) is 3. The molecular formula is C27H37N5OS. The number of fused-ring (bicyclic) bond motifs is 1. The fourth-order valence-corrected chi connectivity index (χ4v) is 5.65. The van der Waals surface area contributed by atoms with Crippen molar-refractivity contribution in [2.24, 2.45) is 4.99 Å². The molecule has 34 heavy (non-hydrogen) atoms. The van der Waals surface area contributed by atoms with Crippen molar-refractivity contribution in [3.63, 3.8) is 0 Å². The molecule has 182 valence electrons. The second kappa shape index (κ2) is 12.3. The first-order valence-corrected chi connectivity index (χ1v) is 13.1. The minimum absolute atomic E-state index is 0.456. The number of aromatic nitrogens is 1. The molecule has 6 nitrogen and oxygen atoms in total. The Kier molecular flexibility index (Phi) is 8.91. The predicted molar refractivity (Wildman–Crippen MR) is 147 cm³/mol. The molecule has 2 aromatic rings. The highest BCUT2D eigenvalue weighted by Gasteiger charge is 2.29. The lowest BCUT2D eigenvalue weighted by atomic mass is 10.0. The van der Waals surface area contributed by atoms with Gasteiger partial charge in [0, 0.05) is 66.1 Å². The van der Waals surface area contributed by atoms with E-state index < -0.39 is 0 Å². The Bertz CT molecular complexity index is 1070. The van der Waals surface area contributed by atoms with Crippen LogP contribution in [0.1, 0.15) is 38.3 Å². The van der Waals surface area contributed by atoms with Crippen molar-refractivity contribution in [2.75, 3.05) is 45.2 Å². The molecule has 4 rings (SSSR count). The molecule has 0 aliphatic carbocycles. The van der Waals surface area contributed by atoms with Crippen LogP contribution in [0.4, 0.5) is 5.69 Å². The van der Waals surface area contributed by atoms with Crippen LogP contribution in [0.15, 0.2) is 59.2 Å². The number of nitrogens with one attached hydrogen (secondary N) is 3. The summed E-state index contributed by atoms with van der Waals surface area (Å²) >= 11 is 1.74. The van der Waals surface area contributed by atoms with Crippen molar-refractivity contribution in [1.82, 2.24) is 15.2 Å². The summed E-state index contributed by atoms with van der Waals surface area (Å²) < 4.78 is 5.46. The van der Waals surface area contributed by atoms with Gasteiger partial charge in [-0.05, 0) is 51.3 Å². The third-order valence-electron chi connectivity index (χ3n) is 6.30. The van der Waals surface area contributed by atoms with Crippen molar-refractivity contribution >= 4 is 39.0 Å². The number of likely N-dealkylation sites (tertiary alicyclic amines) is 1. The van der Waals surface area contributed by atoms with Crippen LogP contribution in [-0.2, 0) is 4.74 Å². The van der Waals surface area contributed by atoms with Gasteiger partial charge in [-0.15, -0.1) is 0 Å². The fourth-order valence-electron chi connectivity index (χ4n) is 4.70. The Balaban J connectivity index is 1.44. The Hall–Kier alpha value is -2.48. The molecule has 1 unspecified atom stereocenters. The fraction of sp³-hybridized carbons (Fsp3) is 0.444. The number of thioether (sulfide) groups is 1. The molecule has 0 saturated carbocycles. The maximum atomic E-state index is 5.46. The van der Waals surface area contributed by atoms with Gasteiger partial charge >= 0.3 is 0 Å². The summed E-state index contributed by atoms with van der Waals surface area (Å²) in [6.07, 6.45) is 10.9. The Morgan fingerprint density at radius 3 is 3.12 bits per heavy atom. The topological polar surface area (TPSA) is 64.7 Å². The summed E-state index contributed by atoms with van der Waals surface area (Å²) in [7, 11) is 1.96. The van der Waals surface area contributed by atoms with Gasteiger partial charge in [0.15, 0.2) is 0 Å². The van der Waals surface area contributed by atoms with Gasteiger partial charge in [-0.3, -0.25) is 9.89 Å². The van der Waals surface area contributed by atoms with Crippen LogP contribution in [0.2, 0.25) is 0 Å². The van der Waals surface area contributed by atoms with E-state index in [1.54, 1.807) is 11.8 Å². The SMILES string of the molecule is C=C(S/C(=C\NC)CN1CCCC1C1=NC=CCC1)c1cc2cccc(NCCOCC)c2[nH]1. The van der Waals surface area contributed by atoms with Crippen molar-refractivity contribution in [3.8, 4) is 0 Å². The van der Waals surface area contributed by atoms with E-state index in [1.165, 1.54) is 28.8 Å². The third-order valence-corrected chi connectivity index (χ3v) is 7.28. The summed E-state index contributed by atoms with van der Waals surface area (Å²) in [4.78, 5) is 13.2. The number of ether oxygens (including phenoxy) is 1. The lowest BCUT2D eigenvalue weighted by Gasteiger charge is -2.27. The van der Waals surface area contributed by atoms with Crippen LogP contribution < -0.4 is 10.6 Å². The van der Waals surface area contributed by atoms with E-state index in [1.807, 2.05) is 20.2 Å². The first-order chi connectivity index (χ1) is 16.7. The number of rotatable bonds is 12. The second-order valence-electron chi connectivity index (χ2n) is 8.67. The highest BCUT2D eigenvalue weighted by atomic mass is 32.2. The third kappa shape index (κ3) is 6.14. The number of allylic oxidation sites excluding steroid dienone is 1. The highest BCUT2D eigenvalue weighted by molar-refractivity contribution is 8.11. The number of anilines is 1. The molecule has 0 amide bonds. The molecule has 2 aliphatic rings. The van der Waals surface area contributed by atoms with E-state index in [0.717, 1.165) is 60.9 Å². The molecule has 1 atom stereocenters. The molecule has 0 radical (unpaired) electrons. The van der Waals surface area contributed by atoms with Gasteiger partial charge in [0.1, 0.15) is 0 Å². The number of H-pyrrole nitrogens is 1. The minimum atomic E-state index is 0.456. The van der Waals surface area contributed by atoms with E-state index in [4.69, 9.17) is 9.73 Å². The molecule has 7 heteroatoms. The predicted octanol–water partition coefficient (Wildman–Crippen LogP) is 5.59. The normalized spacial score (nSPS) is 18.9. The molecule has 1 fully saturated rings. The average molecular weight is 480 g/mol. The maximum absolute atomic E-state index is 5.46. The number of hydrogen-bond acceptors (Lipinski definition) is 6. The van der Waals surface area contributed by atoms with Gasteiger partial charge in [-0.2, -0.15) is 0 Å². The molecule has 3 N–H and O–H groups in total. The van der Waals surface area contributed by atoms with Crippen molar-refractivity contribution in [3.05, 3.63) is 59.9 Å². The standard InChI is InChI=1S/C27H37N5OS/c1-4-33-16-14-30-24-11-7-9-21-17-25(31-27(21)24)20(2)34-22(18-28-3)19-32-15-8-12-26(32)23-10-5-6-13-29-23/h6-7,9,11,13,17-18,26,28,30-31H,2,4-5,8,10,12,14-16,19H2,1,3H3/b22-18-. The monoisotopic (exact) mass is 479 g/mol. The van der Waals surface area contributed by atoms with Crippen LogP contribution in [0.5, 0.6) is 0 Å². The first kappa shape index (κ1) is 24.6. The number of aliphatic imine (C=N–C) groups is 1. The zero-order chi connectivity index (χ0) is 23.8. The molecule has 1 aromatic carbocycles. The summed E-state index contributed by atoms with van der Waals surface area (Å²) in [6, 6.07) is 8.98. The van der Waals surface area contributed by atoms with Crippen LogP contribution in [0.25, 0.3) is 15.8 Å². The number of para-hydroxylation sites is 1. The second-order valence-corrected chi connectivity index (χ2v) is 9.89. The number of benzene rings is 1. The van der Waals surface area contributed by atoms with Crippen LogP contribution in [0, 0.1) is 0 Å². The summed E-state index contributed by atoms with van der Waals surface area (Å²) in [5.41, 5.74) is 4.60. The van der Waals surface area contributed by atoms with Crippen LogP contribution in [0.3, 0.4) is 0 Å². The van der Waals surface area contributed by atoms with Crippen molar-refractivity contribution in [2.45, 2.75) is 38.6 Å². The van der Waals surface area contributed by atoms with Gasteiger partial charge in [-0.25, -0.2) is 0 Å². The van der Waals surface area contributed by atoms with Gasteiger partial charge in [0.25, 0.3) is 0 Å². The minimum Gasteiger partial charge on any atom is -0.393 e. The maximum Gasteiger partial charge on any atom is 0.0694 e. The zero-order valence-electron chi connectivity index (χ0n) is 20.4. The van der Waals surface area contributed by atoms with Gasteiger partial charge in [0.2, 0.25) is 0 Å². The van der Waals surface area contributed by atoms with E-state index in [-0.39, 0.29) is 0 Å². The summed E-state index contributed by atoms with van der Waals surface area (Å²) in [6.45, 7) is 10.7. The molecule has 3 heterocycles. The molecule has 1 aromatic heterocycles. The first-order valence-electron chi connectivity index (χ1n) is 12.3. The quantitative estimate of drug-likeness (QED) is 0.346. The van der Waals surface area contributed by atoms with Crippen LogP contribution >= 0.6 is 11.8 Å². The highest BCUT2D eigenvalue weighted by Crippen LogP contribution is 2.36. The zero-order valence-corrected chi connectivity index (χ0v) is 21.2. The molecule has 0 bridgehead atoms. The Labute approximate surface area is 207 Å². The van der Waals surface area contributed by atoms with E-state index in [0.29, 0.717) is 12.6 Å². The number of nitrogens with zero attached hydrogens (tertiary/aromatic N) is 2. The van der Waals surface area contributed by atoms with Crippen molar-refractivity contribution in [1.29, 1.82) is 0 Å². The van der Waals surface area contributed by atoms with E-state index >= 15 is 0 Å². The Morgan fingerprint density at radius 1 is 1.41 bits per heavy atom. The lowest BCUT2D eigenvalue weighted by molar-refractivity contribution is 0.158. The van der Waals surface area contributed by atoms with Gasteiger partial charge in [0.05, 0.1) is 23.5 Å². The molecule has 2 aliphatic heterocycles. The summed E-state index contributed by atoms with van der Waals surface area (Å²) in [5, 5.41) is 7.90. The lowest BCUT2D eigenvalue weighted by Crippen LogP contribution is -2.37.